The molecule has 2 aliphatic rings. The predicted octanol–water partition coefficient (Wildman–Crippen LogP) is 3.69. The molecule has 1 saturated carbocycles. The van der Waals surface area contributed by atoms with Crippen LogP contribution in [0.4, 0.5) is 10.5 Å². The van der Waals surface area contributed by atoms with E-state index in [0.29, 0.717) is 23.2 Å². The Bertz CT molecular complexity index is 555. The van der Waals surface area contributed by atoms with Crippen LogP contribution in [-0.4, -0.2) is 29.3 Å². The molecule has 1 heterocycles. The summed E-state index contributed by atoms with van der Waals surface area (Å²) < 4.78 is 0. The van der Waals surface area contributed by atoms with Crippen molar-refractivity contribution in [3.63, 3.8) is 0 Å². The van der Waals surface area contributed by atoms with Crippen molar-refractivity contribution >= 4 is 17.5 Å². The number of anilines is 1. The molecular formula is C17H22N2O2. The number of carbonyl (C=O) groups is 2. The van der Waals surface area contributed by atoms with Gasteiger partial charge in [-0.15, -0.1) is 0 Å². The maximum atomic E-state index is 12.5. The van der Waals surface area contributed by atoms with Crippen molar-refractivity contribution in [2.45, 2.75) is 45.1 Å². The Hall–Kier alpha value is -1.84. The molecule has 2 fully saturated rings. The Labute approximate surface area is 125 Å². The zero-order chi connectivity index (χ0) is 14.8. The van der Waals surface area contributed by atoms with Crippen molar-refractivity contribution < 1.29 is 9.59 Å². The number of benzene rings is 1. The van der Waals surface area contributed by atoms with E-state index in [4.69, 9.17) is 0 Å². The van der Waals surface area contributed by atoms with Crippen LogP contribution in [0.1, 0.15) is 49.4 Å². The molecule has 112 valence electrons. The van der Waals surface area contributed by atoms with E-state index in [1.165, 1.54) is 26.2 Å². The quantitative estimate of drug-likeness (QED) is 0.843. The average Bonchev–Trinajstić information content (AvgIpc) is 2.91. The first-order chi connectivity index (χ1) is 10.1. The molecule has 1 aromatic carbocycles. The first kappa shape index (κ1) is 14.1. The third-order valence-electron chi connectivity index (χ3n) is 4.79. The highest BCUT2D eigenvalue weighted by atomic mass is 16.2. The van der Waals surface area contributed by atoms with Gasteiger partial charge in [0, 0.05) is 23.8 Å². The molecule has 2 amide bonds. The van der Waals surface area contributed by atoms with Gasteiger partial charge in [0.1, 0.15) is 0 Å². The maximum Gasteiger partial charge on any atom is 0.322 e. The number of nitrogens with one attached hydrogen (secondary N) is 1. The van der Waals surface area contributed by atoms with Crippen molar-refractivity contribution in [3.8, 4) is 0 Å². The SMILES string of the molecule is CC(=O)c1cccc(NC(=O)N2CCC3CCCCC32)c1. The van der Waals surface area contributed by atoms with Crippen LogP contribution in [0, 0.1) is 5.92 Å². The van der Waals surface area contributed by atoms with Crippen LogP contribution in [0.3, 0.4) is 0 Å². The molecule has 1 aliphatic heterocycles. The van der Waals surface area contributed by atoms with Crippen molar-refractivity contribution in [3.05, 3.63) is 29.8 Å². The zero-order valence-corrected chi connectivity index (χ0v) is 12.5. The molecule has 0 aromatic heterocycles. The van der Waals surface area contributed by atoms with Gasteiger partial charge in [0.25, 0.3) is 0 Å². The fraction of sp³-hybridized carbons (Fsp3) is 0.529. The number of nitrogens with zero attached hydrogens (tertiary/aromatic N) is 1. The Balaban J connectivity index is 1.69. The first-order valence-electron chi connectivity index (χ1n) is 7.84. The van der Waals surface area contributed by atoms with Crippen LogP contribution in [0.25, 0.3) is 0 Å². The second-order valence-electron chi connectivity index (χ2n) is 6.16. The van der Waals surface area contributed by atoms with Crippen LogP contribution in [-0.2, 0) is 0 Å². The highest BCUT2D eigenvalue weighted by Gasteiger charge is 2.38. The number of likely N-dealkylation sites (tertiary alicyclic amines) is 1. The van der Waals surface area contributed by atoms with Crippen LogP contribution >= 0.6 is 0 Å². The normalized spacial score (nSPS) is 24.5. The first-order valence-corrected chi connectivity index (χ1v) is 7.84. The predicted molar refractivity (Wildman–Crippen MR) is 82.5 cm³/mol. The third kappa shape index (κ3) is 2.94. The largest absolute Gasteiger partial charge is 0.322 e. The minimum Gasteiger partial charge on any atom is -0.321 e. The number of urea groups is 1. The summed E-state index contributed by atoms with van der Waals surface area (Å²) in [5.74, 6) is 0.702. The van der Waals surface area contributed by atoms with Crippen molar-refractivity contribution in [2.24, 2.45) is 5.92 Å². The lowest BCUT2D eigenvalue weighted by Gasteiger charge is -2.31. The molecule has 3 rings (SSSR count). The molecule has 0 spiro atoms. The van der Waals surface area contributed by atoms with Crippen molar-refractivity contribution in [1.29, 1.82) is 0 Å². The number of ketones is 1. The second kappa shape index (κ2) is 5.88. The molecule has 4 nitrogen and oxygen atoms in total. The molecule has 2 unspecified atom stereocenters. The van der Waals surface area contributed by atoms with Crippen LogP contribution in [0.5, 0.6) is 0 Å². The van der Waals surface area contributed by atoms with Crippen molar-refractivity contribution in [2.75, 3.05) is 11.9 Å². The summed E-state index contributed by atoms with van der Waals surface area (Å²) in [6.07, 6.45) is 6.05. The summed E-state index contributed by atoms with van der Waals surface area (Å²) >= 11 is 0. The second-order valence-corrected chi connectivity index (χ2v) is 6.16. The van der Waals surface area contributed by atoms with E-state index in [1.54, 1.807) is 18.2 Å². The Morgan fingerprint density at radius 1 is 1.19 bits per heavy atom. The molecule has 1 saturated heterocycles. The van der Waals surface area contributed by atoms with Crippen LogP contribution in [0.15, 0.2) is 24.3 Å². The third-order valence-corrected chi connectivity index (χ3v) is 4.79. The summed E-state index contributed by atoms with van der Waals surface area (Å²) in [4.78, 5) is 25.9. The van der Waals surface area contributed by atoms with E-state index in [9.17, 15) is 9.59 Å². The number of Topliss-reactive ketones (excluding diaryl/α,β-unsaturated/α-hetero) is 1. The molecule has 0 bridgehead atoms. The molecule has 4 heteroatoms. The smallest absolute Gasteiger partial charge is 0.321 e. The van der Waals surface area contributed by atoms with Gasteiger partial charge in [-0.25, -0.2) is 4.79 Å². The Kier molecular flexibility index (Phi) is 3.95. The molecular weight excluding hydrogens is 264 g/mol. The minimum atomic E-state index is -0.0231. The summed E-state index contributed by atoms with van der Waals surface area (Å²) in [5.41, 5.74) is 1.33. The molecule has 1 aliphatic carbocycles. The lowest BCUT2D eigenvalue weighted by Crippen LogP contribution is -2.41. The average molecular weight is 286 g/mol. The van der Waals surface area contributed by atoms with E-state index in [1.807, 2.05) is 11.0 Å². The van der Waals surface area contributed by atoms with E-state index in [2.05, 4.69) is 5.32 Å². The van der Waals surface area contributed by atoms with Crippen LogP contribution in [0.2, 0.25) is 0 Å². The van der Waals surface area contributed by atoms with Crippen molar-refractivity contribution in [1.82, 2.24) is 4.90 Å². The number of amides is 2. The monoisotopic (exact) mass is 286 g/mol. The van der Waals surface area contributed by atoms with Gasteiger partial charge in [0.05, 0.1) is 0 Å². The number of hydrogen-bond donors (Lipinski definition) is 1. The van der Waals surface area contributed by atoms with Crippen LogP contribution < -0.4 is 5.32 Å². The fourth-order valence-electron chi connectivity index (χ4n) is 3.67. The Morgan fingerprint density at radius 2 is 2.00 bits per heavy atom. The van der Waals surface area contributed by atoms with Gasteiger partial charge < -0.3 is 10.2 Å². The Morgan fingerprint density at radius 3 is 2.81 bits per heavy atom. The summed E-state index contributed by atoms with van der Waals surface area (Å²) in [6.45, 7) is 2.39. The summed E-state index contributed by atoms with van der Waals surface area (Å²) in [6, 6.07) is 7.54. The van der Waals surface area contributed by atoms with Gasteiger partial charge in [0.2, 0.25) is 0 Å². The standard InChI is InChI=1S/C17H22N2O2/c1-12(20)14-6-4-7-15(11-14)18-17(21)19-10-9-13-5-2-3-8-16(13)19/h4,6-7,11,13,16H,2-3,5,8-10H2,1H3,(H,18,21). The molecule has 2 atom stereocenters. The number of fused-ring (bicyclic) bond motifs is 1. The summed E-state index contributed by atoms with van der Waals surface area (Å²) in [5, 5.41) is 2.95. The van der Waals surface area contributed by atoms with E-state index in [-0.39, 0.29) is 11.8 Å². The maximum absolute atomic E-state index is 12.5. The number of hydrogen-bond acceptors (Lipinski definition) is 2. The number of carbonyl (C=O) groups excluding carboxylic acids is 2. The number of rotatable bonds is 2. The zero-order valence-electron chi connectivity index (χ0n) is 12.5. The topological polar surface area (TPSA) is 49.4 Å². The minimum absolute atomic E-state index is 0.0135. The highest BCUT2D eigenvalue weighted by Crippen LogP contribution is 2.36. The van der Waals surface area contributed by atoms with Gasteiger partial charge in [-0.2, -0.15) is 0 Å². The molecule has 1 aromatic rings. The fourth-order valence-corrected chi connectivity index (χ4v) is 3.67. The lowest BCUT2D eigenvalue weighted by molar-refractivity contribution is 0.101. The van der Waals surface area contributed by atoms with E-state index < -0.39 is 0 Å². The molecule has 1 N–H and O–H groups in total. The molecule has 21 heavy (non-hydrogen) atoms. The van der Waals surface area contributed by atoms with Gasteiger partial charge >= 0.3 is 6.03 Å². The summed E-state index contributed by atoms with van der Waals surface area (Å²) in [7, 11) is 0. The van der Waals surface area contributed by atoms with Gasteiger partial charge in [0.15, 0.2) is 5.78 Å². The molecule has 0 radical (unpaired) electrons. The highest BCUT2D eigenvalue weighted by molar-refractivity contribution is 5.96. The van der Waals surface area contributed by atoms with Gasteiger partial charge in [-0.05, 0) is 44.2 Å². The lowest BCUT2D eigenvalue weighted by atomic mass is 9.85. The van der Waals surface area contributed by atoms with Gasteiger partial charge in [-0.1, -0.05) is 25.0 Å². The van der Waals surface area contributed by atoms with Gasteiger partial charge in [-0.3, -0.25) is 4.79 Å². The van der Waals surface area contributed by atoms with E-state index in [0.717, 1.165) is 19.4 Å². The van der Waals surface area contributed by atoms with E-state index >= 15 is 0 Å².